The third-order valence-corrected chi connectivity index (χ3v) is 7.20. The van der Waals surface area contributed by atoms with E-state index in [0.29, 0.717) is 36.4 Å². The molecule has 6 rings (SSSR count). The van der Waals surface area contributed by atoms with E-state index in [-0.39, 0.29) is 17.6 Å². The fraction of sp³-hybridized carbons (Fsp3) is 0.370. The summed E-state index contributed by atoms with van der Waals surface area (Å²) in [4.78, 5) is 30.2. The van der Waals surface area contributed by atoms with Crippen LogP contribution in [0.15, 0.2) is 39.5 Å². The smallest absolute Gasteiger partial charge is 0.326 e. The van der Waals surface area contributed by atoms with Crippen molar-refractivity contribution >= 4 is 28.0 Å². The molecular formula is C27H27N3O4. The molecule has 1 atom stereocenters. The number of ether oxygens (including phenoxy) is 1. The van der Waals surface area contributed by atoms with Gasteiger partial charge >= 0.3 is 5.97 Å². The zero-order valence-electron chi connectivity index (χ0n) is 19.6. The number of hydrogen-bond donors (Lipinski definition) is 1. The van der Waals surface area contributed by atoms with E-state index in [4.69, 9.17) is 14.9 Å². The average molecular weight is 458 g/mol. The maximum atomic E-state index is 13.4. The molecule has 7 heteroatoms. The zero-order valence-corrected chi connectivity index (χ0v) is 19.6. The molecule has 2 N–H and O–H groups in total. The number of carbonyl (C=O) groups excluding carboxylic acids is 1. The van der Waals surface area contributed by atoms with Crippen LogP contribution in [0, 0.1) is 13.8 Å². The molecule has 0 saturated heterocycles. The Morgan fingerprint density at radius 2 is 1.97 bits per heavy atom. The lowest BCUT2D eigenvalue weighted by molar-refractivity contribution is -0.149. The Morgan fingerprint density at radius 3 is 2.71 bits per heavy atom. The number of esters is 1. The first-order valence-corrected chi connectivity index (χ1v) is 11.8. The summed E-state index contributed by atoms with van der Waals surface area (Å²) in [6, 6.07) is 10.6. The minimum atomic E-state index is -1.02. The first-order valence-electron chi connectivity index (χ1n) is 11.8. The molecule has 2 aliphatic rings. The van der Waals surface area contributed by atoms with Crippen molar-refractivity contribution in [1.82, 2.24) is 9.55 Å². The Bertz CT molecular complexity index is 1560. The molecule has 0 radical (unpaired) electrons. The number of aromatic nitrogens is 2. The number of nitrogens with zero attached hydrogens (tertiary/aromatic N) is 2. The Morgan fingerprint density at radius 1 is 1.21 bits per heavy atom. The molecule has 1 unspecified atom stereocenters. The van der Waals surface area contributed by atoms with Gasteiger partial charge in [0.05, 0.1) is 12.1 Å². The van der Waals surface area contributed by atoms with Crippen LogP contribution in [0.5, 0.6) is 0 Å². The Balaban J connectivity index is 1.51. The van der Waals surface area contributed by atoms with E-state index in [1.165, 1.54) is 0 Å². The third-order valence-electron chi connectivity index (χ3n) is 7.20. The molecule has 1 saturated carbocycles. The molecule has 2 aliphatic carbocycles. The Kier molecular flexibility index (Phi) is 4.51. The molecule has 2 heterocycles. The van der Waals surface area contributed by atoms with Gasteiger partial charge in [-0.1, -0.05) is 24.3 Å². The van der Waals surface area contributed by atoms with Gasteiger partial charge in [-0.3, -0.25) is 9.59 Å². The lowest BCUT2D eigenvalue weighted by Gasteiger charge is -2.20. The third kappa shape index (κ3) is 3.03. The topological polar surface area (TPSA) is 100 Å². The highest BCUT2D eigenvalue weighted by atomic mass is 16.5. The summed E-state index contributed by atoms with van der Waals surface area (Å²) >= 11 is 0. The molecule has 174 valence electrons. The summed E-state index contributed by atoms with van der Waals surface area (Å²) in [5, 5.41) is 0.910. The van der Waals surface area contributed by atoms with E-state index in [1.807, 2.05) is 10.6 Å². The fourth-order valence-corrected chi connectivity index (χ4v) is 5.45. The first-order chi connectivity index (χ1) is 16.3. The van der Waals surface area contributed by atoms with Crippen molar-refractivity contribution in [2.45, 2.75) is 58.0 Å². The van der Waals surface area contributed by atoms with E-state index in [2.05, 4.69) is 36.2 Å². The van der Waals surface area contributed by atoms with Gasteiger partial charge in [0.25, 0.3) is 5.56 Å². The van der Waals surface area contributed by atoms with E-state index < -0.39 is 5.54 Å². The highest BCUT2D eigenvalue weighted by molar-refractivity contribution is 6.04. The average Bonchev–Trinajstić information content (AvgIpc) is 3.46. The van der Waals surface area contributed by atoms with Gasteiger partial charge in [-0.15, -0.1) is 0 Å². The number of fused-ring (bicyclic) bond motifs is 4. The number of pyridine rings is 1. The first kappa shape index (κ1) is 21.1. The molecule has 34 heavy (non-hydrogen) atoms. The second kappa shape index (κ2) is 7.27. The number of carbonyl (C=O) groups is 1. The molecule has 4 aromatic rings. The van der Waals surface area contributed by atoms with Crippen molar-refractivity contribution in [3.05, 3.63) is 63.3 Å². The fourth-order valence-electron chi connectivity index (χ4n) is 5.45. The van der Waals surface area contributed by atoms with Crippen LogP contribution in [0.1, 0.15) is 48.4 Å². The maximum Gasteiger partial charge on any atom is 0.326 e. The maximum absolute atomic E-state index is 13.4. The predicted molar refractivity (Wildman–Crippen MR) is 130 cm³/mol. The van der Waals surface area contributed by atoms with Crippen LogP contribution in [0.3, 0.4) is 0 Å². The number of hydrogen-bond acceptors (Lipinski definition) is 6. The zero-order chi connectivity index (χ0) is 23.8. The number of benzene rings is 2. The minimum Gasteiger partial charge on any atom is -0.465 e. The van der Waals surface area contributed by atoms with Crippen LogP contribution in [-0.4, -0.2) is 27.7 Å². The van der Waals surface area contributed by atoms with E-state index in [0.717, 1.165) is 51.6 Å². The second-order valence-electron chi connectivity index (χ2n) is 9.66. The Labute approximate surface area is 196 Å². The van der Waals surface area contributed by atoms with Crippen molar-refractivity contribution in [3.8, 4) is 11.1 Å². The molecule has 0 aliphatic heterocycles. The summed E-state index contributed by atoms with van der Waals surface area (Å²) in [5.41, 5.74) is 12.5. The molecular weight excluding hydrogens is 430 g/mol. The quantitative estimate of drug-likeness (QED) is 0.463. The van der Waals surface area contributed by atoms with Gasteiger partial charge in [-0.2, -0.15) is 0 Å². The lowest BCUT2D eigenvalue weighted by Crippen LogP contribution is -2.50. The SMILES string of the molecule is CCOC(=O)C1(N)Cc2ccc(-c3ccc4c5oc(C)nc5c(=O)n(C5CC5)c4c3C)cc2C1. The highest BCUT2D eigenvalue weighted by Crippen LogP contribution is 2.41. The molecule has 0 spiro atoms. The van der Waals surface area contributed by atoms with Crippen molar-refractivity contribution < 1.29 is 13.9 Å². The highest BCUT2D eigenvalue weighted by Gasteiger charge is 2.41. The van der Waals surface area contributed by atoms with Crippen molar-refractivity contribution in [1.29, 1.82) is 0 Å². The largest absolute Gasteiger partial charge is 0.465 e. The Hall–Kier alpha value is -3.45. The molecule has 0 amide bonds. The number of rotatable bonds is 4. The second-order valence-corrected chi connectivity index (χ2v) is 9.66. The standard InChI is InChI=1S/C27H27N3O4/c1-4-33-26(32)27(28)12-17-6-5-16(11-18(17)13-27)20-9-10-21-23(14(20)2)30(19-7-8-19)25(31)22-24(21)34-15(3)29-22/h5-6,9-11,19H,4,7-8,12-13,28H2,1-3H3. The number of nitrogens with two attached hydrogens (primary N) is 1. The van der Waals surface area contributed by atoms with Crippen LogP contribution < -0.4 is 11.3 Å². The van der Waals surface area contributed by atoms with E-state index >= 15 is 0 Å². The molecule has 2 aromatic heterocycles. The van der Waals surface area contributed by atoms with E-state index in [1.54, 1.807) is 13.8 Å². The van der Waals surface area contributed by atoms with Crippen LogP contribution >= 0.6 is 0 Å². The summed E-state index contributed by atoms with van der Waals surface area (Å²) in [6.07, 6.45) is 2.91. The molecule has 1 fully saturated rings. The van der Waals surface area contributed by atoms with Gasteiger partial charge in [0, 0.05) is 31.2 Å². The van der Waals surface area contributed by atoms with Crippen molar-refractivity contribution in [2.24, 2.45) is 5.73 Å². The summed E-state index contributed by atoms with van der Waals surface area (Å²) < 4.78 is 13.0. The number of oxazole rings is 1. The van der Waals surface area contributed by atoms with Gasteiger partial charge in [-0.25, -0.2) is 4.98 Å². The molecule has 2 aromatic carbocycles. The van der Waals surface area contributed by atoms with Gasteiger partial charge in [0.2, 0.25) is 0 Å². The van der Waals surface area contributed by atoms with Crippen molar-refractivity contribution in [3.63, 3.8) is 0 Å². The van der Waals surface area contributed by atoms with Gasteiger partial charge in [0.15, 0.2) is 17.0 Å². The van der Waals surface area contributed by atoms with Crippen LogP contribution in [0.4, 0.5) is 0 Å². The van der Waals surface area contributed by atoms with Crippen LogP contribution in [-0.2, 0) is 22.4 Å². The van der Waals surface area contributed by atoms with Crippen LogP contribution in [0.25, 0.3) is 33.1 Å². The van der Waals surface area contributed by atoms with Gasteiger partial charge in [0.1, 0.15) is 5.54 Å². The normalized spacial score (nSPS) is 19.6. The lowest BCUT2D eigenvalue weighted by atomic mass is 9.94. The monoisotopic (exact) mass is 457 g/mol. The summed E-state index contributed by atoms with van der Waals surface area (Å²) in [5.74, 6) is 0.142. The van der Waals surface area contributed by atoms with Crippen LogP contribution in [0.2, 0.25) is 0 Å². The van der Waals surface area contributed by atoms with Gasteiger partial charge < -0.3 is 19.5 Å². The predicted octanol–water partition coefficient (Wildman–Crippen LogP) is 4.12. The molecule has 0 bridgehead atoms. The van der Waals surface area contributed by atoms with Gasteiger partial charge in [-0.05, 0) is 60.6 Å². The molecule has 7 nitrogen and oxygen atoms in total. The summed E-state index contributed by atoms with van der Waals surface area (Å²) in [6.45, 7) is 5.94. The van der Waals surface area contributed by atoms with Crippen molar-refractivity contribution in [2.75, 3.05) is 6.61 Å². The minimum absolute atomic E-state index is 0.0848. The number of aryl methyl sites for hydroxylation is 2. The van der Waals surface area contributed by atoms with E-state index in [9.17, 15) is 9.59 Å². The summed E-state index contributed by atoms with van der Waals surface area (Å²) in [7, 11) is 0.